The molecular weight excluding hydrogens is 310 g/mol. The normalized spacial score (nSPS) is 12.6. The lowest BCUT2D eigenvalue weighted by Gasteiger charge is -2.13. The van der Waals surface area contributed by atoms with Gasteiger partial charge in [-0.05, 0) is 18.6 Å². The zero-order valence-electron chi connectivity index (χ0n) is 11.3. The van der Waals surface area contributed by atoms with Crippen LogP contribution in [0.15, 0.2) is 28.7 Å². The smallest absolute Gasteiger partial charge is 0.0897 e. The summed E-state index contributed by atoms with van der Waals surface area (Å²) in [5, 5.41) is 12.9. The second kappa shape index (κ2) is 10.3. The highest BCUT2D eigenvalue weighted by atomic mass is 79.9. The van der Waals surface area contributed by atoms with Crippen LogP contribution in [0, 0.1) is 0 Å². The molecule has 0 aromatic heterocycles. The first-order chi connectivity index (χ1) is 9.24. The molecule has 0 aliphatic heterocycles. The summed E-state index contributed by atoms with van der Waals surface area (Å²) in [6.45, 7) is 5.30. The number of halogens is 1. The Labute approximate surface area is 123 Å². The number of ether oxygens (including phenoxy) is 2. The van der Waals surface area contributed by atoms with E-state index in [-0.39, 0.29) is 0 Å². The standard InChI is InChI=1S/C14H22BrNO3/c1-2-18-7-8-19-11-13(17)10-16-9-12-5-3-4-6-14(12)15/h3-6,13,16-17H,2,7-11H2,1H3. The van der Waals surface area contributed by atoms with Crippen LogP contribution in [0.3, 0.4) is 0 Å². The molecule has 1 aromatic carbocycles. The Hall–Kier alpha value is -0.460. The average Bonchev–Trinajstić information content (AvgIpc) is 2.41. The minimum Gasteiger partial charge on any atom is -0.389 e. The number of hydrogen-bond donors (Lipinski definition) is 2. The third kappa shape index (κ3) is 7.64. The Morgan fingerprint density at radius 2 is 2.00 bits per heavy atom. The fraction of sp³-hybridized carbons (Fsp3) is 0.571. The highest BCUT2D eigenvalue weighted by Gasteiger charge is 2.04. The minimum atomic E-state index is -0.496. The third-order valence-corrected chi connectivity index (χ3v) is 3.31. The molecule has 0 radical (unpaired) electrons. The molecule has 0 amide bonds. The lowest BCUT2D eigenvalue weighted by Crippen LogP contribution is -2.30. The van der Waals surface area contributed by atoms with E-state index < -0.39 is 6.10 Å². The van der Waals surface area contributed by atoms with Gasteiger partial charge >= 0.3 is 0 Å². The first-order valence-corrected chi connectivity index (χ1v) is 7.31. The van der Waals surface area contributed by atoms with Gasteiger partial charge in [-0.15, -0.1) is 0 Å². The summed E-state index contributed by atoms with van der Waals surface area (Å²) in [4.78, 5) is 0. The van der Waals surface area contributed by atoms with Crippen molar-refractivity contribution in [2.45, 2.75) is 19.6 Å². The van der Waals surface area contributed by atoms with E-state index in [1.807, 2.05) is 31.2 Å². The minimum absolute atomic E-state index is 0.329. The van der Waals surface area contributed by atoms with Gasteiger partial charge in [0.2, 0.25) is 0 Å². The Bertz CT molecular complexity index is 349. The largest absolute Gasteiger partial charge is 0.389 e. The van der Waals surface area contributed by atoms with Crippen molar-refractivity contribution in [3.8, 4) is 0 Å². The van der Waals surface area contributed by atoms with Gasteiger partial charge in [0, 0.05) is 24.2 Å². The highest BCUT2D eigenvalue weighted by Crippen LogP contribution is 2.15. The second-order valence-corrected chi connectivity index (χ2v) is 5.00. The molecule has 108 valence electrons. The van der Waals surface area contributed by atoms with Crippen LogP contribution in [-0.2, 0) is 16.0 Å². The molecule has 0 bridgehead atoms. The summed E-state index contributed by atoms with van der Waals surface area (Å²) in [6.07, 6.45) is -0.496. The summed E-state index contributed by atoms with van der Waals surface area (Å²) in [5.41, 5.74) is 1.17. The molecule has 4 nitrogen and oxygen atoms in total. The van der Waals surface area contributed by atoms with Crippen molar-refractivity contribution in [2.24, 2.45) is 0 Å². The van der Waals surface area contributed by atoms with Crippen molar-refractivity contribution >= 4 is 15.9 Å². The van der Waals surface area contributed by atoms with Gasteiger partial charge in [0.25, 0.3) is 0 Å². The maximum absolute atomic E-state index is 9.71. The first-order valence-electron chi connectivity index (χ1n) is 6.51. The van der Waals surface area contributed by atoms with Gasteiger partial charge in [-0.25, -0.2) is 0 Å². The predicted molar refractivity (Wildman–Crippen MR) is 79.2 cm³/mol. The van der Waals surface area contributed by atoms with Crippen LogP contribution in [-0.4, -0.2) is 44.2 Å². The number of aliphatic hydroxyl groups excluding tert-OH is 1. The molecule has 0 aliphatic carbocycles. The Kier molecular flexibility index (Phi) is 9.03. The van der Waals surface area contributed by atoms with Crippen LogP contribution < -0.4 is 5.32 Å². The fourth-order valence-electron chi connectivity index (χ4n) is 1.56. The molecule has 5 heteroatoms. The Morgan fingerprint density at radius 3 is 2.74 bits per heavy atom. The number of nitrogens with one attached hydrogen (secondary N) is 1. The van der Waals surface area contributed by atoms with Crippen molar-refractivity contribution in [3.05, 3.63) is 34.3 Å². The zero-order chi connectivity index (χ0) is 13.9. The monoisotopic (exact) mass is 331 g/mol. The quantitative estimate of drug-likeness (QED) is 0.643. The van der Waals surface area contributed by atoms with Crippen molar-refractivity contribution in [2.75, 3.05) is 33.0 Å². The first kappa shape index (κ1) is 16.6. The third-order valence-electron chi connectivity index (χ3n) is 2.54. The molecule has 0 heterocycles. The lowest BCUT2D eigenvalue weighted by molar-refractivity contribution is 0.00642. The van der Waals surface area contributed by atoms with Gasteiger partial charge in [0.1, 0.15) is 0 Å². The van der Waals surface area contributed by atoms with Gasteiger partial charge in [-0.3, -0.25) is 0 Å². The van der Waals surface area contributed by atoms with Gasteiger partial charge in [0.05, 0.1) is 25.9 Å². The van der Waals surface area contributed by atoms with E-state index in [0.29, 0.717) is 33.0 Å². The predicted octanol–water partition coefficient (Wildman–Crippen LogP) is 1.95. The lowest BCUT2D eigenvalue weighted by atomic mass is 10.2. The van der Waals surface area contributed by atoms with Crippen molar-refractivity contribution < 1.29 is 14.6 Å². The molecule has 0 fully saturated rings. The van der Waals surface area contributed by atoms with E-state index in [9.17, 15) is 5.11 Å². The molecule has 19 heavy (non-hydrogen) atoms. The fourth-order valence-corrected chi connectivity index (χ4v) is 1.98. The molecule has 0 aliphatic rings. The van der Waals surface area contributed by atoms with Gasteiger partial charge in [0.15, 0.2) is 0 Å². The van der Waals surface area contributed by atoms with E-state index in [1.165, 1.54) is 5.56 Å². The van der Waals surface area contributed by atoms with Crippen LogP contribution in [0.4, 0.5) is 0 Å². The summed E-state index contributed by atoms with van der Waals surface area (Å²) in [7, 11) is 0. The molecule has 1 unspecified atom stereocenters. The molecular formula is C14H22BrNO3. The van der Waals surface area contributed by atoms with Crippen molar-refractivity contribution in [1.29, 1.82) is 0 Å². The Balaban J connectivity index is 2.07. The SMILES string of the molecule is CCOCCOCC(O)CNCc1ccccc1Br. The van der Waals surface area contributed by atoms with E-state index in [4.69, 9.17) is 9.47 Å². The van der Waals surface area contributed by atoms with Crippen LogP contribution in [0.5, 0.6) is 0 Å². The van der Waals surface area contributed by atoms with E-state index in [0.717, 1.165) is 11.0 Å². The zero-order valence-corrected chi connectivity index (χ0v) is 12.9. The van der Waals surface area contributed by atoms with E-state index in [2.05, 4.69) is 21.2 Å². The van der Waals surface area contributed by atoms with Crippen LogP contribution in [0.1, 0.15) is 12.5 Å². The summed E-state index contributed by atoms with van der Waals surface area (Å²) < 4.78 is 11.5. The summed E-state index contributed by atoms with van der Waals surface area (Å²) in [6, 6.07) is 8.02. The van der Waals surface area contributed by atoms with Gasteiger partial charge in [-0.2, -0.15) is 0 Å². The van der Waals surface area contributed by atoms with Crippen LogP contribution >= 0.6 is 15.9 Å². The van der Waals surface area contributed by atoms with Gasteiger partial charge < -0.3 is 19.9 Å². The number of hydrogen-bond acceptors (Lipinski definition) is 4. The topological polar surface area (TPSA) is 50.7 Å². The molecule has 0 saturated carbocycles. The molecule has 1 aromatic rings. The maximum atomic E-state index is 9.71. The van der Waals surface area contributed by atoms with Crippen molar-refractivity contribution in [3.63, 3.8) is 0 Å². The number of rotatable bonds is 10. The van der Waals surface area contributed by atoms with E-state index >= 15 is 0 Å². The Morgan fingerprint density at radius 1 is 1.26 bits per heavy atom. The molecule has 1 rings (SSSR count). The van der Waals surface area contributed by atoms with Crippen molar-refractivity contribution in [1.82, 2.24) is 5.32 Å². The molecule has 0 saturated heterocycles. The van der Waals surface area contributed by atoms with E-state index in [1.54, 1.807) is 0 Å². The summed E-state index contributed by atoms with van der Waals surface area (Å²) in [5.74, 6) is 0. The van der Waals surface area contributed by atoms with Crippen LogP contribution in [0.25, 0.3) is 0 Å². The summed E-state index contributed by atoms with van der Waals surface area (Å²) >= 11 is 3.49. The molecule has 2 N–H and O–H groups in total. The highest BCUT2D eigenvalue weighted by molar-refractivity contribution is 9.10. The van der Waals surface area contributed by atoms with Gasteiger partial charge in [-0.1, -0.05) is 34.1 Å². The van der Waals surface area contributed by atoms with Crippen LogP contribution in [0.2, 0.25) is 0 Å². The molecule has 0 spiro atoms. The number of benzene rings is 1. The second-order valence-electron chi connectivity index (χ2n) is 4.15. The molecule has 1 atom stereocenters. The average molecular weight is 332 g/mol. The maximum Gasteiger partial charge on any atom is 0.0897 e. The number of aliphatic hydroxyl groups is 1.